The van der Waals surface area contributed by atoms with Crippen molar-refractivity contribution < 1.29 is 19.4 Å². The number of aliphatic hydroxyl groups is 1. The van der Waals surface area contributed by atoms with Gasteiger partial charge in [0.25, 0.3) is 0 Å². The summed E-state index contributed by atoms with van der Waals surface area (Å²) < 4.78 is 10.8. The second kappa shape index (κ2) is 8.70. The standard InChI is InChI=1S/C18H27NO4/c1-6-15(16(13-20)22-5)19(17(21)23-18(2,3)4)12-14-10-8-7-9-11-14/h6-11,15-16,20H,1,12-13H2,2-5H3/t15-,16+/m0/s1. The van der Waals surface area contributed by atoms with E-state index in [-0.39, 0.29) is 6.61 Å². The summed E-state index contributed by atoms with van der Waals surface area (Å²) in [5.74, 6) is 0. The van der Waals surface area contributed by atoms with Crippen LogP contribution in [0.1, 0.15) is 26.3 Å². The van der Waals surface area contributed by atoms with Gasteiger partial charge >= 0.3 is 6.09 Å². The Balaban J connectivity index is 3.08. The van der Waals surface area contributed by atoms with Crippen LogP contribution in [0.4, 0.5) is 4.79 Å². The molecule has 128 valence electrons. The first-order chi connectivity index (χ1) is 10.8. The molecule has 0 aromatic heterocycles. The molecule has 0 spiro atoms. The molecule has 2 atom stereocenters. The van der Waals surface area contributed by atoms with Crippen LogP contribution >= 0.6 is 0 Å². The minimum Gasteiger partial charge on any atom is -0.444 e. The summed E-state index contributed by atoms with van der Waals surface area (Å²) in [5, 5.41) is 9.51. The van der Waals surface area contributed by atoms with Crippen molar-refractivity contribution in [3.05, 3.63) is 48.6 Å². The maximum absolute atomic E-state index is 12.6. The second-order valence-electron chi connectivity index (χ2n) is 6.28. The molecule has 0 fully saturated rings. The SMILES string of the molecule is C=C[C@@H]([C@@H](CO)OC)N(Cc1ccccc1)C(=O)OC(C)(C)C. The molecule has 1 N–H and O–H groups in total. The zero-order chi connectivity index (χ0) is 17.5. The Labute approximate surface area is 138 Å². The number of ether oxygens (including phenoxy) is 2. The molecule has 0 radical (unpaired) electrons. The average molecular weight is 321 g/mol. The van der Waals surface area contributed by atoms with Crippen molar-refractivity contribution in [3.63, 3.8) is 0 Å². The van der Waals surface area contributed by atoms with Crippen molar-refractivity contribution in [1.82, 2.24) is 4.90 Å². The summed E-state index contributed by atoms with van der Waals surface area (Å²) in [4.78, 5) is 14.1. The van der Waals surface area contributed by atoms with Gasteiger partial charge in [0, 0.05) is 13.7 Å². The van der Waals surface area contributed by atoms with Crippen LogP contribution in [0, 0.1) is 0 Å². The molecule has 0 bridgehead atoms. The van der Waals surface area contributed by atoms with E-state index in [1.165, 1.54) is 12.0 Å². The Kier molecular flexibility index (Phi) is 7.26. The highest BCUT2D eigenvalue weighted by Crippen LogP contribution is 2.18. The molecular formula is C18H27NO4. The van der Waals surface area contributed by atoms with Gasteiger partial charge in [-0.2, -0.15) is 0 Å². The van der Waals surface area contributed by atoms with Crippen molar-refractivity contribution in [2.75, 3.05) is 13.7 Å². The minimum absolute atomic E-state index is 0.221. The number of hydrogen-bond donors (Lipinski definition) is 1. The number of aliphatic hydroxyl groups excluding tert-OH is 1. The highest BCUT2D eigenvalue weighted by atomic mass is 16.6. The lowest BCUT2D eigenvalue weighted by Crippen LogP contribution is -2.49. The Morgan fingerprint density at radius 3 is 2.39 bits per heavy atom. The van der Waals surface area contributed by atoms with E-state index >= 15 is 0 Å². The van der Waals surface area contributed by atoms with Crippen LogP contribution in [0.25, 0.3) is 0 Å². The topological polar surface area (TPSA) is 59.0 Å². The van der Waals surface area contributed by atoms with Gasteiger partial charge in [-0.25, -0.2) is 4.79 Å². The normalized spacial score (nSPS) is 14.0. The fourth-order valence-corrected chi connectivity index (χ4v) is 2.19. The van der Waals surface area contributed by atoms with Crippen LogP contribution in [0.2, 0.25) is 0 Å². The lowest BCUT2D eigenvalue weighted by Gasteiger charge is -2.35. The van der Waals surface area contributed by atoms with Crippen LogP contribution in [0.5, 0.6) is 0 Å². The first kappa shape index (κ1) is 19.2. The molecule has 1 rings (SSSR count). The quantitative estimate of drug-likeness (QED) is 0.784. The number of rotatable bonds is 7. The molecule has 0 saturated heterocycles. The number of carbonyl (C=O) groups excluding carboxylic acids is 1. The van der Waals surface area contributed by atoms with E-state index in [4.69, 9.17) is 9.47 Å². The predicted octanol–water partition coefficient (Wildman–Crippen LogP) is 2.99. The Morgan fingerprint density at radius 1 is 1.35 bits per heavy atom. The maximum atomic E-state index is 12.6. The van der Waals surface area contributed by atoms with E-state index in [0.29, 0.717) is 6.54 Å². The van der Waals surface area contributed by atoms with Crippen molar-refractivity contribution in [1.29, 1.82) is 0 Å². The fraction of sp³-hybridized carbons (Fsp3) is 0.500. The molecule has 23 heavy (non-hydrogen) atoms. The zero-order valence-electron chi connectivity index (χ0n) is 14.4. The van der Waals surface area contributed by atoms with Gasteiger partial charge in [0.05, 0.1) is 12.6 Å². The summed E-state index contributed by atoms with van der Waals surface area (Å²) in [5.41, 5.74) is 0.345. The maximum Gasteiger partial charge on any atom is 0.411 e. The highest BCUT2D eigenvalue weighted by molar-refractivity contribution is 5.69. The van der Waals surface area contributed by atoms with Gasteiger partial charge < -0.3 is 14.6 Å². The van der Waals surface area contributed by atoms with Crippen molar-refractivity contribution >= 4 is 6.09 Å². The number of amides is 1. The first-order valence-electron chi connectivity index (χ1n) is 7.62. The predicted molar refractivity (Wildman–Crippen MR) is 90.1 cm³/mol. The summed E-state index contributed by atoms with van der Waals surface area (Å²) in [6.07, 6.45) is 0.558. The smallest absolute Gasteiger partial charge is 0.411 e. The van der Waals surface area contributed by atoms with E-state index in [2.05, 4.69) is 6.58 Å². The summed E-state index contributed by atoms with van der Waals surface area (Å²) in [6.45, 7) is 9.34. The number of carbonyl (C=O) groups is 1. The highest BCUT2D eigenvalue weighted by Gasteiger charge is 2.31. The molecule has 1 amide bonds. The summed E-state index contributed by atoms with van der Waals surface area (Å²) >= 11 is 0. The molecule has 1 aromatic carbocycles. The van der Waals surface area contributed by atoms with E-state index in [1.54, 1.807) is 6.08 Å². The molecule has 5 nitrogen and oxygen atoms in total. The third-order valence-electron chi connectivity index (χ3n) is 3.29. The van der Waals surface area contributed by atoms with Crippen molar-refractivity contribution in [2.24, 2.45) is 0 Å². The van der Waals surface area contributed by atoms with Crippen LogP contribution in [-0.2, 0) is 16.0 Å². The van der Waals surface area contributed by atoms with Gasteiger partial charge in [0.15, 0.2) is 0 Å². The van der Waals surface area contributed by atoms with Gasteiger partial charge in [-0.05, 0) is 26.3 Å². The van der Waals surface area contributed by atoms with Gasteiger partial charge in [-0.1, -0.05) is 36.4 Å². The Hall–Kier alpha value is -1.85. The molecule has 0 heterocycles. The Bertz CT molecular complexity index is 491. The van der Waals surface area contributed by atoms with Crippen molar-refractivity contribution in [3.8, 4) is 0 Å². The van der Waals surface area contributed by atoms with Crippen LogP contribution in [0.15, 0.2) is 43.0 Å². The Morgan fingerprint density at radius 2 is 1.96 bits per heavy atom. The fourth-order valence-electron chi connectivity index (χ4n) is 2.19. The van der Waals surface area contributed by atoms with Crippen LogP contribution in [0.3, 0.4) is 0 Å². The first-order valence-corrected chi connectivity index (χ1v) is 7.62. The molecule has 0 aliphatic rings. The molecule has 0 saturated carbocycles. The van der Waals surface area contributed by atoms with Gasteiger partial charge in [-0.15, -0.1) is 6.58 Å². The average Bonchev–Trinajstić information content (AvgIpc) is 2.50. The van der Waals surface area contributed by atoms with Gasteiger partial charge in [-0.3, -0.25) is 4.90 Å². The van der Waals surface area contributed by atoms with E-state index in [0.717, 1.165) is 5.56 Å². The molecule has 5 heteroatoms. The molecule has 0 aliphatic heterocycles. The van der Waals surface area contributed by atoms with E-state index in [1.807, 2.05) is 51.1 Å². The largest absolute Gasteiger partial charge is 0.444 e. The molecule has 0 unspecified atom stereocenters. The lowest BCUT2D eigenvalue weighted by atomic mass is 10.1. The summed E-state index contributed by atoms with van der Waals surface area (Å²) in [7, 11) is 1.49. The number of methoxy groups -OCH3 is 1. The third-order valence-corrected chi connectivity index (χ3v) is 3.29. The summed E-state index contributed by atoms with van der Waals surface area (Å²) in [6, 6.07) is 9.09. The van der Waals surface area contributed by atoms with Crippen LogP contribution in [-0.4, -0.2) is 47.6 Å². The van der Waals surface area contributed by atoms with Crippen LogP contribution < -0.4 is 0 Å². The second-order valence-corrected chi connectivity index (χ2v) is 6.28. The third kappa shape index (κ3) is 6.04. The van der Waals surface area contributed by atoms with Gasteiger partial charge in [0.2, 0.25) is 0 Å². The number of nitrogens with zero attached hydrogens (tertiary/aromatic N) is 1. The van der Waals surface area contributed by atoms with E-state index < -0.39 is 23.8 Å². The molecule has 0 aliphatic carbocycles. The monoisotopic (exact) mass is 321 g/mol. The minimum atomic E-state index is -0.612. The van der Waals surface area contributed by atoms with Gasteiger partial charge in [0.1, 0.15) is 11.7 Å². The van der Waals surface area contributed by atoms with Crippen molar-refractivity contribution in [2.45, 2.75) is 45.1 Å². The molecule has 1 aromatic rings. The molecular weight excluding hydrogens is 294 g/mol. The van der Waals surface area contributed by atoms with E-state index in [9.17, 15) is 9.90 Å². The zero-order valence-corrected chi connectivity index (χ0v) is 14.4. The lowest BCUT2D eigenvalue weighted by molar-refractivity contribution is -0.0242. The number of benzene rings is 1. The number of hydrogen-bond acceptors (Lipinski definition) is 4.